The van der Waals surface area contributed by atoms with Gasteiger partial charge >= 0.3 is 0 Å². The number of hydrogen-bond donors (Lipinski definition) is 1. The number of anilines is 1. The summed E-state index contributed by atoms with van der Waals surface area (Å²) in [5, 5.41) is 9.73. The largest absolute Gasteiger partial charge is 0.370 e. The van der Waals surface area contributed by atoms with E-state index < -0.39 is 0 Å². The number of morpholine rings is 1. The number of aromatic nitrogens is 1. The van der Waals surface area contributed by atoms with Gasteiger partial charge in [-0.1, -0.05) is 17.4 Å². The van der Waals surface area contributed by atoms with E-state index in [4.69, 9.17) is 15.0 Å². The van der Waals surface area contributed by atoms with E-state index in [1.807, 2.05) is 12.1 Å². The molecular formula is C22H23N4O2S+. The van der Waals surface area contributed by atoms with Gasteiger partial charge in [0.2, 0.25) is 0 Å². The van der Waals surface area contributed by atoms with E-state index in [1.165, 1.54) is 10.5 Å². The summed E-state index contributed by atoms with van der Waals surface area (Å²) in [4.78, 5) is 21.3. The molecule has 6 nitrogen and oxygen atoms in total. The molecule has 7 heteroatoms. The summed E-state index contributed by atoms with van der Waals surface area (Å²) in [6.07, 6.45) is 0. The predicted octanol–water partition coefficient (Wildman–Crippen LogP) is 2.04. The third-order valence-corrected chi connectivity index (χ3v) is 6.20. The van der Waals surface area contributed by atoms with Crippen molar-refractivity contribution in [3.63, 3.8) is 0 Å². The molecule has 2 heterocycles. The van der Waals surface area contributed by atoms with Crippen LogP contribution in [0.1, 0.15) is 21.5 Å². The molecule has 2 aromatic carbocycles. The quantitative estimate of drug-likeness (QED) is 0.703. The molecule has 4 rings (SSSR count). The highest BCUT2D eigenvalue weighted by Crippen LogP contribution is 2.30. The number of nitriles is 1. The molecule has 29 heavy (non-hydrogen) atoms. The number of aryl methyl sites for hydroxylation is 1. The lowest BCUT2D eigenvalue weighted by Gasteiger charge is -2.27. The minimum Gasteiger partial charge on any atom is -0.370 e. The molecule has 0 radical (unpaired) electrons. The monoisotopic (exact) mass is 407 g/mol. The second-order valence-electron chi connectivity index (χ2n) is 7.23. The van der Waals surface area contributed by atoms with Crippen molar-refractivity contribution >= 4 is 32.6 Å². The number of rotatable bonds is 5. The van der Waals surface area contributed by atoms with Crippen molar-refractivity contribution in [1.29, 1.82) is 5.26 Å². The predicted molar refractivity (Wildman–Crippen MR) is 114 cm³/mol. The van der Waals surface area contributed by atoms with Crippen LogP contribution >= 0.6 is 11.3 Å². The fourth-order valence-electron chi connectivity index (χ4n) is 3.44. The highest BCUT2D eigenvalue weighted by atomic mass is 32.1. The molecule has 1 aliphatic heterocycles. The zero-order valence-corrected chi connectivity index (χ0v) is 17.2. The molecule has 0 bridgehead atoms. The maximum Gasteiger partial charge on any atom is 0.260 e. The van der Waals surface area contributed by atoms with Gasteiger partial charge in [0.05, 0.1) is 48.2 Å². The second-order valence-corrected chi connectivity index (χ2v) is 8.24. The Hall–Kier alpha value is -2.79. The van der Waals surface area contributed by atoms with Crippen LogP contribution in [0.5, 0.6) is 0 Å². The smallest absolute Gasteiger partial charge is 0.260 e. The van der Waals surface area contributed by atoms with E-state index in [0.29, 0.717) is 22.8 Å². The minimum atomic E-state index is -0.0853. The summed E-state index contributed by atoms with van der Waals surface area (Å²) in [6, 6.07) is 15.0. The molecule has 1 aromatic heterocycles. The van der Waals surface area contributed by atoms with Gasteiger partial charge in [0, 0.05) is 5.56 Å². The van der Waals surface area contributed by atoms with Crippen molar-refractivity contribution in [2.75, 3.05) is 44.3 Å². The van der Waals surface area contributed by atoms with Gasteiger partial charge in [0.15, 0.2) is 5.13 Å². The summed E-state index contributed by atoms with van der Waals surface area (Å²) >= 11 is 1.54. The molecule has 1 amide bonds. The van der Waals surface area contributed by atoms with E-state index in [2.05, 4.69) is 19.1 Å². The van der Waals surface area contributed by atoms with E-state index in [0.717, 1.165) is 43.1 Å². The van der Waals surface area contributed by atoms with Crippen LogP contribution in [0, 0.1) is 18.3 Å². The third kappa shape index (κ3) is 4.46. The number of thiazole rings is 1. The lowest BCUT2D eigenvalue weighted by molar-refractivity contribution is -0.906. The van der Waals surface area contributed by atoms with Crippen molar-refractivity contribution in [3.8, 4) is 6.07 Å². The maximum atomic E-state index is 13.3. The van der Waals surface area contributed by atoms with Gasteiger partial charge in [-0.25, -0.2) is 4.98 Å². The summed E-state index contributed by atoms with van der Waals surface area (Å²) in [5.74, 6) is -0.0853. The SMILES string of the molecule is Cc1ccc2nc(N(CC[NH+]3CCOCC3)C(=O)c3ccc(C#N)cc3)sc2c1. The summed E-state index contributed by atoms with van der Waals surface area (Å²) in [7, 11) is 0. The number of nitrogens with zero attached hydrogens (tertiary/aromatic N) is 3. The Labute approximate surface area is 173 Å². The molecule has 1 fully saturated rings. The van der Waals surface area contributed by atoms with Crippen LogP contribution in [-0.4, -0.2) is 50.3 Å². The Balaban J connectivity index is 1.63. The van der Waals surface area contributed by atoms with Crippen LogP contribution in [0.15, 0.2) is 42.5 Å². The molecule has 148 valence electrons. The first-order valence-corrected chi connectivity index (χ1v) is 10.6. The lowest BCUT2D eigenvalue weighted by atomic mass is 10.1. The molecule has 0 saturated carbocycles. The van der Waals surface area contributed by atoms with E-state index in [1.54, 1.807) is 40.5 Å². The second kappa shape index (κ2) is 8.70. The minimum absolute atomic E-state index is 0.0853. The zero-order valence-electron chi connectivity index (χ0n) is 16.4. The number of ether oxygens (including phenoxy) is 1. The average Bonchev–Trinajstić information content (AvgIpc) is 3.17. The van der Waals surface area contributed by atoms with Gasteiger partial charge in [-0.15, -0.1) is 0 Å². The van der Waals surface area contributed by atoms with Crippen molar-refractivity contribution in [2.45, 2.75) is 6.92 Å². The number of carbonyl (C=O) groups is 1. The molecule has 0 aliphatic carbocycles. The molecular weight excluding hydrogens is 384 g/mol. The zero-order chi connectivity index (χ0) is 20.2. The Morgan fingerprint density at radius 2 is 2.00 bits per heavy atom. The Bertz CT molecular complexity index is 1050. The van der Waals surface area contributed by atoms with E-state index >= 15 is 0 Å². The Kier molecular flexibility index (Phi) is 5.86. The summed E-state index contributed by atoms with van der Waals surface area (Å²) in [6.45, 7) is 6.93. The number of benzene rings is 2. The van der Waals surface area contributed by atoms with Gasteiger partial charge < -0.3 is 9.64 Å². The topological polar surface area (TPSA) is 70.7 Å². The molecule has 1 aliphatic rings. The molecule has 1 saturated heterocycles. The first-order chi connectivity index (χ1) is 14.1. The van der Waals surface area contributed by atoms with Crippen LogP contribution in [0.2, 0.25) is 0 Å². The van der Waals surface area contributed by atoms with Crippen LogP contribution in [0.25, 0.3) is 10.2 Å². The van der Waals surface area contributed by atoms with Crippen LogP contribution in [0.3, 0.4) is 0 Å². The van der Waals surface area contributed by atoms with Crippen LogP contribution in [-0.2, 0) is 4.74 Å². The average molecular weight is 408 g/mol. The van der Waals surface area contributed by atoms with E-state index in [9.17, 15) is 4.79 Å². The maximum absolute atomic E-state index is 13.3. The van der Waals surface area contributed by atoms with Gasteiger partial charge in [0.1, 0.15) is 13.1 Å². The molecule has 0 spiro atoms. The van der Waals surface area contributed by atoms with Crippen LogP contribution in [0.4, 0.5) is 5.13 Å². The Morgan fingerprint density at radius 3 is 2.72 bits per heavy atom. The first-order valence-electron chi connectivity index (χ1n) is 9.74. The van der Waals surface area contributed by atoms with Crippen molar-refractivity contribution in [1.82, 2.24) is 4.98 Å². The van der Waals surface area contributed by atoms with Crippen LogP contribution < -0.4 is 9.80 Å². The van der Waals surface area contributed by atoms with Gasteiger partial charge in [-0.3, -0.25) is 9.69 Å². The number of fused-ring (bicyclic) bond motifs is 1. The number of quaternary nitrogens is 1. The molecule has 0 atom stereocenters. The van der Waals surface area contributed by atoms with Gasteiger partial charge in [-0.2, -0.15) is 5.26 Å². The first kappa shape index (κ1) is 19.5. The summed E-state index contributed by atoms with van der Waals surface area (Å²) < 4.78 is 6.52. The fourth-order valence-corrected chi connectivity index (χ4v) is 4.53. The standard InChI is InChI=1S/C22H22N4O2S/c1-16-2-7-19-20(14-16)29-22(24-19)26(9-8-25-10-12-28-13-11-25)21(27)18-5-3-17(15-23)4-6-18/h2-7,14H,8-13H2,1H3/p+1. The third-order valence-electron chi connectivity index (χ3n) is 5.16. The molecule has 1 N–H and O–H groups in total. The number of nitrogens with one attached hydrogen (secondary N) is 1. The number of amides is 1. The number of hydrogen-bond acceptors (Lipinski definition) is 5. The van der Waals surface area contributed by atoms with Crippen molar-refractivity contribution < 1.29 is 14.4 Å². The molecule has 3 aromatic rings. The lowest BCUT2D eigenvalue weighted by Crippen LogP contribution is -3.14. The van der Waals surface area contributed by atoms with Crippen molar-refractivity contribution in [2.24, 2.45) is 0 Å². The Morgan fingerprint density at radius 1 is 1.24 bits per heavy atom. The summed E-state index contributed by atoms with van der Waals surface area (Å²) in [5.41, 5.74) is 3.19. The number of carbonyl (C=O) groups excluding carboxylic acids is 1. The fraction of sp³-hybridized carbons (Fsp3) is 0.318. The van der Waals surface area contributed by atoms with Gasteiger partial charge in [-0.05, 0) is 48.9 Å². The highest BCUT2D eigenvalue weighted by Gasteiger charge is 2.24. The van der Waals surface area contributed by atoms with Gasteiger partial charge in [0.25, 0.3) is 5.91 Å². The van der Waals surface area contributed by atoms with E-state index in [-0.39, 0.29) is 5.91 Å². The highest BCUT2D eigenvalue weighted by molar-refractivity contribution is 7.22. The normalized spacial score (nSPS) is 14.6. The molecule has 0 unspecified atom stereocenters. The van der Waals surface area contributed by atoms with Crippen molar-refractivity contribution in [3.05, 3.63) is 59.2 Å².